The molecule has 0 aliphatic rings. The van der Waals surface area contributed by atoms with Gasteiger partial charge in [-0.3, -0.25) is 4.79 Å². The normalized spacial score (nSPS) is 11.4. The molecular formula is C22H22N2O3S2. The van der Waals surface area contributed by atoms with Gasteiger partial charge in [0.25, 0.3) is 0 Å². The topological polar surface area (TPSA) is 64.3 Å². The molecular weight excluding hydrogens is 404 g/mol. The van der Waals surface area contributed by atoms with Crippen molar-refractivity contribution in [2.75, 3.05) is 12.9 Å². The Labute approximate surface area is 177 Å². The van der Waals surface area contributed by atoms with E-state index in [1.165, 1.54) is 21.2 Å². The van der Waals surface area contributed by atoms with Crippen molar-refractivity contribution >= 4 is 50.2 Å². The molecule has 0 radical (unpaired) electrons. The second kappa shape index (κ2) is 8.47. The maximum Gasteiger partial charge on any atom is 0.303 e. The van der Waals surface area contributed by atoms with Gasteiger partial charge in [-0.15, -0.1) is 11.3 Å². The number of methoxy groups -OCH3 is 1. The molecule has 0 bridgehead atoms. The average Bonchev–Trinajstić information content (AvgIpc) is 3.26. The van der Waals surface area contributed by atoms with Gasteiger partial charge in [0.05, 0.1) is 24.7 Å². The van der Waals surface area contributed by atoms with E-state index in [-0.39, 0.29) is 6.42 Å². The number of aryl methyl sites for hydroxylation is 1. The number of aliphatic carboxylic acids is 1. The van der Waals surface area contributed by atoms with Crippen molar-refractivity contribution in [3.63, 3.8) is 0 Å². The summed E-state index contributed by atoms with van der Waals surface area (Å²) in [6.45, 7) is 2.83. The second-order valence-electron chi connectivity index (χ2n) is 6.94. The number of carbonyl (C=O) groups is 1. The number of carboxylic acid groups (broad SMARTS) is 1. The average molecular weight is 427 g/mol. The number of imidazole rings is 1. The number of thioether (sulfide) groups is 1. The summed E-state index contributed by atoms with van der Waals surface area (Å²) in [5.41, 5.74) is 4.46. The minimum Gasteiger partial charge on any atom is -0.497 e. The van der Waals surface area contributed by atoms with Crippen LogP contribution in [0.4, 0.5) is 0 Å². The van der Waals surface area contributed by atoms with Crippen LogP contribution in [0, 0.1) is 6.92 Å². The van der Waals surface area contributed by atoms with E-state index < -0.39 is 5.97 Å². The number of ether oxygens (including phenoxy) is 1. The Morgan fingerprint density at radius 1 is 1.28 bits per heavy atom. The van der Waals surface area contributed by atoms with Crippen molar-refractivity contribution in [2.24, 2.45) is 0 Å². The molecule has 0 saturated heterocycles. The zero-order valence-corrected chi connectivity index (χ0v) is 18.0. The summed E-state index contributed by atoms with van der Waals surface area (Å²) in [6.07, 6.45) is 0.794. The smallest absolute Gasteiger partial charge is 0.303 e. The number of benzene rings is 2. The third kappa shape index (κ3) is 4.26. The quantitative estimate of drug-likeness (QED) is 0.295. The van der Waals surface area contributed by atoms with E-state index in [9.17, 15) is 4.79 Å². The molecule has 4 aromatic rings. The molecule has 0 spiro atoms. The van der Waals surface area contributed by atoms with Crippen LogP contribution in [-0.2, 0) is 11.3 Å². The molecule has 0 amide bonds. The monoisotopic (exact) mass is 426 g/mol. The summed E-state index contributed by atoms with van der Waals surface area (Å²) in [4.78, 5) is 15.6. The molecule has 0 unspecified atom stereocenters. The highest BCUT2D eigenvalue weighted by Crippen LogP contribution is 2.32. The summed E-state index contributed by atoms with van der Waals surface area (Å²) in [7, 11) is 1.67. The van der Waals surface area contributed by atoms with Crippen molar-refractivity contribution in [1.82, 2.24) is 9.55 Å². The molecule has 2 aromatic heterocycles. The fraction of sp³-hybridized carbons (Fsp3) is 0.273. The molecule has 5 nitrogen and oxygen atoms in total. The van der Waals surface area contributed by atoms with Gasteiger partial charge in [-0.25, -0.2) is 4.98 Å². The molecule has 150 valence electrons. The van der Waals surface area contributed by atoms with Crippen LogP contribution in [-0.4, -0.2) is 33.5 Å². The Morgan fingerprint density at radius 3 is 2.93 bits per heavy atom. The van der Waals surface area contributed by atoms with Crippen molar-refractivity contribution in [3.05, 3.63) is 52.9 Å². The van der Waals surface area contributed by atoms with Crippen molar-refractivity contribution in [2.45, 2.75) is 31.5 Å². The molecule has 4 rings (SSSR count). The highest BCUT2D eigenvalue weighted by molar-refractivity contribution is 7.99. The van der Waals surface area contributed by atoms with E-state index in [0.717, 1.165) is 27.7 Å². The van der Waals surface area contributed by atoms with Gasteiger partial charge in [-0.2, -0.15) is 0 Å². The van der Waals surface area contributed by atoms with Crippen LogP contribution < -0.4 is 4.74 Å². The van der Waals surface area contributed by atoms with E-state index in [0.29, 0.717) is 13.0 Å². The van der Waals surface area contributed by atoms with Gasteiger partial charge in [0.1, 0.15) is 5.75 Å². The number of thiophene rings is 1. The van der Waals surface area contributed by atoms with Crippen LogP contribution in [0.25, 0.3) is 21.1 Å². The van der Waals surface area contributed by atoms with E-state index >= 15 is 0 Å². The number of hydrogen-bond acceptors (Lipinski definition) is 5. The minimum absolute atomic E-state index is 0.176. The molecule has 0 fully saturated rings. The Morgan fingerprint density at radius 2 is 2.14 bits per heavy atom. The zero-order valence-electron chi connectivity index (χ0n) is 16.3. The van der Waals surface area contributed by atoms with Crippen LogP contribution in [0.5, 0.6) is 5.75 Å². The third-order valence-electron chi connectivity index (χ3n) is 4.82. The van der Waals surface area contributed by atoms with Crippen LogP contribution >= 0.6 is 23.1 Å². The zero-order chi connectivity index (χ0) is 20.4. The Hall–Kier alpha value is -2.51. The summed E-state index contributed by atoms with van der Waals surface area (Å²) in [5, 5.41) is 13.3. The molecule has 2 aromatic carbocycles. The Bertz CT molecular complexity index is 1180. The maximum absolute atomic E-state index is 10.8. The third-order valence-corrected chi connectivity index (χ3v) is 6.90. The number of aromatic nitrogens is 2. The lowest BCUT2D eigenvalue weighted by Crippen LogP contribution is -2.02. The highest BCUT2D eigenvalue weighted by atomic mass is 32.2. The lowest BCUT2D eigenvalue weighted by molar-refractivity contribution is -0.137. The number of nitrogens with zero attached hydrogens (tertiary/aromatic N) is 2. The lowest BCUT2D eigenvalue weighted by Gasteiger charge is -2.09. The molecule has 2 heterocycles. The van der Waals surface area contributed by atoms with Gasteiger partial charge >= 0.3 is 5.97 Å². The van der Waals surface area contributed by atoms with Crippen molar-refractivity contribution in [3.8, 4) is 5.75 Å². The van der Waals surface area contributed by atoms with Gasteiger partial charge in [0.15, 0.2) is 5.16 Å². The molecule has 29 heavy (non-hydrogen) atoms. The largest absolute Gasteiger partial charge is 0.497 e. The van der Waals surface area contributed by atoms with Crippen molar-refractivity contribution < 1.29 is 14.6 Å². The first kappa shape index (κ1) is 19.8. The first-order valence-electron chi connectivity index (χ1n) is 9.41. The predicted molar refractivity (Wildman–Crippen MR) is 120 cm³/mol. The molecule has 0 saturated carbocycles. The first-order valence-corrected chi connectivity index (χ1v) is 11.3. The van der Waals surface area contributed by atoms with Crippen LogP contribution in [0.3, 0.4) is 0 Å². The fourth-order valence-electron chi connectivity index (χ4n) is 3.35. The number of hydrogen-bond donors (Lipinski definition) is 1. The fourth-order valence-corrected chi connectivity index (χ4v) is 5.23. The summed E-state index contributed by atoms with van der Waals surface area (Å²) < 4.78 is 8.92. The second-order valence-corrected chi connectivity index (χ2v) is 8.91. The molecule has 0 atom stereocenters. The van der Waals surface area contributed by atoms with E-state index in [2.05, 4.69) is 35.1 Å². The predicted octanol–water partition coefficient (Wildman–Crippen LogP) is 5.57. The molecule has 1 N–H and O–H groups in total. The van der Waals surface area contributed by atoms with Gasteiger partial charge < -0.3 is 14.4 Å². The minimum atomic E-state index is -0.760. The van der Waals surface area contributed by atoms with E-state index in [4.69, 9.17) is 14.8 Å². The summed E-state index contributed by atoms with van der Waals surface area (Å²) >= 11 is 3.37. The summed E-state index contributed by atoms with van der Waals surface area (Å²) in [5.74, 6) is 0.757. The maximum atomic E-state index is 10.8. The van der Waals surface area contributed by atoms with E-state index in [1.54, 1.807) is 30.2 Å². The SMILES string of the molecule is COc1ccc2nc(SCCCC(=O)O)n(Cc3csc4ccc(C)cc34)c2c1. The van der Waals surface area contributed by atoms with Gasteiger partial charge in [0.2, 0.25) is 0 Å². The standard InChI is InChI=1S/C22H22N2O3S2/c1-14-5-8-20-17(10-14)15(13-29-20)12-24-19-11-16(27-2)6-7-18(19)23-22(24)28-9-3-4-21(25)26/h5-8,10-11,13H,3-4,9,12H2,1-2H3,(H,25,26). The number of fused-ring (bicyclic) bond motifs is 2. The number of rotatable bonds is 8. The highest BCUT2D eigenvalue weighted by Gasteiger charge is 2.15. The number of carboxylic acids is 1. The van der Waals surface area contributed by atoms with Gasteiger partial charge in [-0.1, -0.05) is 29.5 Å². The first-order chi connectivity index (χ1) is 14.0. The summed E-state index contributed by atoms with van der Waals surface area (Å²) in [6, 6.07) is 12.5. The Kier molecular flexibility index (Phi) is 5.78. The van der Waals surface area contributed by atoms with E-state index in [1.807, 2.05) is 18.2 Å². The van der Waals surface area contributed by atoms with Crippen LogP contribution in [0.1, 0.15) is 24.0 Å². The molecule has 0 aliphatic carbocycles. The van der Waals surface area contributed by atoms with Crippen molar-refractivity contribution in [1.29, 1.82) is 0 Å². The molecule has 0 aliphatic heterocycles. The molecule has 7 heteroatoms. The van der Waals surface area contributed by atoms with Gasteiger partial charge in [0, 0.05) is 22.9 Å². The lowest BCUT2D eigenvalue weighted by atomic mass is 10.1. The van der Waals surface area contributed by atoms with Crippen LogP contribution in [0.15, 0.2) is 46.9 Å². The Balaban J connectivity index is 1.72. The van der Waals surface area contributed by atoms with Gasteiger partial charge in [-0.05, 0) is 47.9 Å². The van der Waals surface area contributed by atoms with Crippen LogP contribution in [0.2, 0.25) is 0 Å².